The number of aryl methyl sites for hydroxylation is 1. The molecule has 3 rings (SSSR count). The Kier molecular flexibility index (Phi) is 5.85. The van der Waals surface area contributed by atoms with Crippen molar-refractivity contribution < 1.29 is 27.8 Å². The molecule has 27 heavy (non-hydrogen) atoms. The number of carbonyl (C=O) groups excluding carboxylic acids is 1. The second-order valence-electron chi connectivity index (χ2n) is 5.88. The van der Waals surface area contributed by atoms with Crippen molar-refractivity contribution in [1.29, 1.82) is 0 Å². The highest BCUT2D eigenvalue weighted by Gasteiger charge is 2.16. The molecule has 0 aromatic heterocycles. The number of ether oxygens (including phenoxy) is 3. The zero-order valence-corrected chi connectivity index (χ0v) is 14.6. The van der Waals surface area contributed by atoms with Crippen LogP contribution >= 0.6 is 0 Å². The summed E-state index contributed by atoms with van der Waals surface area (Å²) >= 11 is 0. The zero-order chi connectivity index (χ0) is 19.2. The monoisotopic (exact) mass is 376 g/mol. The minimum atomic E-state index is -2.83. The number of benzene rings is 2. The van der Waals surface area contributed by atoms with Crippen LogP contribution in [0.2, 0.25) is 0 Å². The molecule has 6 nitrogen and oxygen atoms in total. The summed E-state index contributed by atoms with van der Waals surface area (Å²) in [5, 5.41) is 4.09. The van der Waals surface area contributed by atoms with Gasteiger partial charge < -0.3 is 14.2 Å². The fraction of sp³-hybridized carbons (Fsp3) is 0.263. The number of nitrogens with one attached hydrogen (secondary N) is 1. The van der Waals surface area contributed by atoms with E-state index in [9.17, 15) is 13.6 Å². The van der Waals surface area contributed by atoms with Crippen LogP contribution in [0.15, 0.2) is 47.6 Å². The Morgan fingerprint density at radius 3 is 2.67 bits per heavy atom. The second-order valence-corrected chi connectivity index (χ2v) is 5.88. The third-order valence-corrected chi connectivity index (χ3v) is 3.91. The lowest BCUT2D eigenvalue weighted by Crippen LogP contribution is -2.19. The Morgan fingerprint density at radius 1 is 1.19 bits per heavy atom. The third-order valence-electron chi connectivity index (χ3n) is 3.91. The van der Waals surface area contributed by atoms with Gasteiger partial charge in [-0.1, -0.05) is 12.1 Å². The number of fused-ring (bicyclic) bond motifs is 1. The van der Waals surface area contributed by atoms with Gasteiger partial charge in [-0.05, 0) is 55.7 Å². The number of carbonyl (C=O) groups is 1. The van der Waals surface area contributed by atoms with Gasteiger partial charge in [-0.25, -0.2) is 5.43 Å². The molecule has 142 valence electrons. The predicted octanol–water partition coefficient (Wildman–Crippen LogP) is 3.76. The summed E-state index contributed by atoms with van der Waals surface area (Å²) < 4.78 is 39.0. The van der Waals surface area contributed by atoms with Gasteiger partial charge in [0.1, 0.15) is 5.75 Å². The first-order chi connectivity index (χ1) is 13.0. The molecule has 0 saturated heterocycles. The van der Waals surface area contributed by atoms with Crippen LogP contribution < -0.4 is 19.6 Å². The second kappa shape index (κ2) is 8.48. The normalized spacial score (nSPS) is 13.0. The van der Waals surface area contributed by atoms with Gasteiger partial charge in [0.05, 0.1) is 0 Å². The molecule has 0 bridgehead atoms. The molecule has 1 aliphatic rings. The summed E-state index contributed by atoms with van der Waals surface area (Å²) in [5.41, 5.74) is 4.61. The predicted molar refractivity (Wildman–Crippen MR) is 94.5 cm³/mol. The number of hydrogen-bond acceptors (Lipinski definition) is 5. The van der Waals surface area contributed by atoms with Gasteiger partial charge in [-0.3, -0.25) is 4.79 Å². The molecule has 0 aliphatic carbocycles. The molecular weight excluding hydrogens is 358 g/mol. The largest absolute Gasteiger partial charge is 0.454 e. The van der Waals surface area contributed by atoms with Crippen LogP contribution in [0.1, 0.15) is 29.3 Å². The van der Waals surface area contributed by atoms with Gasteiger partial charge in [0.25, 0.3) is 5.91 Å². The standard InChI is InChI=1S/C19H18F2N2O4/c1-12(2-3-13-4-7-15(8-5-13)27-19(20)21)22-23-18(24)14-6-9-16-17(10-14)26-11-25-16/h4-10,19H,2-3,11H2,1H3,(H,23,24)/b22-12-. The summed E-state index contributed by atoms with van der Waals surface area (Å²) in [6, 6.07) is 11.3. The zero-order valence-electron chi connectivity index (χ0n) is 14.6. The van der Waals surface area contributed by atoms with Crippen molar-refractivity contribution in [2.75, 3.05) is 6.79 Å². The van der Waals surface area contributed by atoms with E-state index in [-0.39, 0.29) is 18.4 Å². The lowest BCUT2D eigenvalue weighted by Gasteiger charge is -2.06. The molecular formula is C19H18F2N2O4. The van der Waals surface area contributed by atoms with Crippen molar-refractivity contribution in [3.63, 3.8) is 0 Å². The number of alkyl halides is 2. The molecule has 8 heteroatoms. The molecule has 2 aromatic rings. The van der Waals surface area contributed by atoms with E-state index in [2.05, 4.69) is 15.3 Å². The van der Waals surface area contributed by atoms with Crippen molar-refractivity contribution in [3.05, 3.63) is 53.6 Å². The van der Waals surface area contributed by atoms with Gasteiger partial charge >= 0.3 is 6.61 Å². The number of halogens is 2. The summed E-state index contributed by atoms with van der Waals surface area (Å²) in [5.74, 6) is 0.912. The minimum absolute atomic E-state index is 0.120. The molecule has 1 N–H and O–H groups in total. The van der Waals surface area contributed by atoms with E-state index in [1.807, 2.05) is 0 Å². The van der Waals surface area contributed by atoms with Crippen molar-refractivity contribution in [2.24, 2.45) is 5.10 Å². The van der Waals surface area contributed by atoms with E-state index in [0.29, 0.717) is 29.9 Å². The Labute approximate surface area is 154 Å². The first-order valence-corrected chi connectivity index (χ1v) is 8.28. The van der Waals surface area contributed by atoms with Crippen molar-refractivity contribution >= 4 is 11.6 Å². The Bertz CT molecular complexity index is 838. The van der Waals surface area contributed by atoms with Crippen LogP contribution in [0.5, 0.6) is 17.2 Å². The van der Waals surface area contributed by atoms with Gasteiger partial charge in [0, 0.05) is 11.3 Å². The maximum absolute atomic E-state index is 12.2. The molecule has 2 aromatic carbocycles. The van der Waals surface area contributed by atoms with E-state index in [1.165, 1.54) is 12.1 Å². The fourth-order valence-corrected chi connectivity index (χ4v) is 2.47. The van der Waals surface area contributed by atoms with Crippen LogP contribution in [0.25, 0.3) is 0 Å². The van der Waals surface area contributed by atoms with Crippen molar-refractivity contribution in [1.82, 2.24) is 5.43 Å². The summed E-state index contributed by atoms with van der Waals surface area (Å²) in [4.78, 5) is 12.2. The fourth-order valence-electron chi connectivity index (χ4n) is 2.47. The molecule has 1 heterocycles. The summed E-state index contributed by atoms with van der Waals surface area (Å²) in [6.45, 7) is -0.889. The lowest BCUT2D eigenvalue weighted by molar-refractivity contribution is -0.0498. The number of rotatable bonds is 7. The Morgan fingerprint density at radius 2 is 1.93 bits per heavy atom. The molecule has 0 fully saturated rings. The smallest absolute Gasteiger partial charge is 0.387 e. The Hall–Kier alpha value is -3.16. The quantitative estimate of drug-likeness (QED) is 0.590. The third kappa shape index (κ3) is 5.16. The van der Waals surface area contributed by atoms with Gasteiger partial charge in [-0.15, -0.1) is 0 Å². The van der Waals surface area contributed by atoms with Crippen LogP contribution in [0.3, 0.4) is 0 Å². The van der Waals surface area contributed by atoms with Gasteiger partial charge in [0.15, 0.2) is 11.5 Å². The van der Waals surface area contributed by atoms with Crippen LogP contribution in [0.4, 0.5) is 8.78 Å². The number of hydrazone groups is 1. The summed E-state index contributed by atoms with van der Waals surface area (Å²) in [6.07, 6.45) is 1.26. The average molecular weight is 376 g/mol. The topological polar surface area (TPSA) is 69.2 Å². The Balaban J connectivity index is 1.49. The number of hydrogen-bond donors (Lipinski definition) is 1. The van der Waals surface area contributed by atoms with Crippen LogP contribution in [0, 0.1) is 0 Å². The van der Waals surface area contributed by atoms with Gasteiger partial charge in [0.2, 0.25) is 6.79 Å². The van der Waals surface area contributed by atoms with E-state index < -0.39 is 6.61 Å². The molecule has 0 atom stereocenters. The molecule has 0 unspecified atom stereocenters. The van der Waals surface area contributed by atoms with Crippen LogP contribution in [-0.2, 0) is 6.42 Å². The molecule has 0 spiro atoms. The molecule has 1 aliphatic heterocycles. The van der Waals surface area contributed by atoms with E-state index in [1.54, 1.807) is 37.3 Å². The molecule has 0 saturated carbocycles. The van der Waals surface area contributed by atoms with Crippen molar-refractivity contribution in [2.45, 2.75) is 26.4 Å². The highest BCUT2D eigenvalue weighted by molar-refractivity contribution is 5.95. The first kappa shape index (κ1) is 18.6. The maximum atomic E-state index is 12.2. The van der Waals surface area contributed by atoms with Gasteiger partial charge in [-0.2, -0.15) is 13.9 Å². The first-order valence-electron chi connectivity index (χ1n) is 8.28. The highest BCUT2D eigenvalue weighted by Crippen LogP contribution is 2.32. The average Bonchev–Trinajstić information content (AvgIpc) is 3.13. The number of nitrogens with zero attached hydrogens (tertiary/aromatic N) is 1. The SMILES string of the molecule is C/C(CCc1ccc(OC(F)F)cc1)=N/NC(=O)c1ccc2c(c1)OCO2. The van der Waals surface area contributed by atoms with E-state index in [0.717, 1.165) is 11.3 Å². The van der Waals surface area contributed by atoms with Crippen LogP contribution in [-0.4, -0.2) is 25.0 Å². The van der Waals surface area contributed by atoms with E-state index in [4.69, 9.17) is 9.47 Å². The summed E-state index contributed by atoms with van der Waals surface area (Å²) in [7, 11) is 0. The van der Waals surface area contributed by atoms with E-state index >= 15 is 0 Å². The van der Waals surface area contributed by atoms with Crippen molar-refractivity contribution in [3.8, 4) is 17.2 Å². The highest BCUT2D eigenvalue weighted by atomic mass is 19.3. The molecule has 0 radical (unpaired) electrons. The lowest BCUT2D eigenvalue weighted by atomic mass is 10.1. The molecule has 1 amide bonds. The number of amides is 1. The minimum Gasteiger partial charge on any atom is -0.454 e. The maximum Gasteiger partial charge on any atom is 0.387 e.